The van der Waals surface area contributed by atoms with Crippen LogP contribution in [0.4, 0.5) is 5.69 Å². The standard InChI is InChI=1S/C25H22N2O2S/c28-23-21(16-18-10-4-1-5-11-18)30-25(26-17-19-12-6-2-7-13-19)22(23)24(29)27-20-14-8-3-9-15-20/h1-15,21,28H,16-17H2,(H,27,29). The number of carbonyl (C=O) groups excluding carboxylic acids is 1. The van der Waals surface area contributed by atoms with E-state index in [1.807, 2.05) is 91.0 Å². The van der Waals surface area contributed by atoms with E-state index < -0.39 is 0 Å². The second-order valence-electron chi connectivity index (χ2n) is 6.98. The maximum absolute atomic E-state index is 13.0. The molecule has 4 rings (SSSR count). The predicted octanol–water partition coefficient (Wildman–Crippen LogP) is 5.39. The van der Waals surface area contributed by atoms with Gasteiger partial charge in [0.15, 0.2) is 0 Å². The van der Waals surface area contributed by atoms with Crippen LogP contribution in [0.25, 0.3) is 0 Å². The zero-order chi connectivity index (χ0) is 20.8. The lowest BCUT2D eigenvalue weighted by atomic mass is 10.1. The fourth-order valence-corrected chi connectivity index (χ4v) is 4.51. The largest absolute Gasteiger partial charge is 0.510 e. The van der Waals surface area contributed by atoms with Crippen molar-refractivity contribution in [3.05, 3.63) is 113 Å². The summed E-state index contributed by atoms with van der Waals surface area (Å²) in [4.78, 5) is 17.7. The van der Waals surface area contributed by atoms with Gasteiger partial charge in [-0.15, -0.1) is 0 Å². The quantitative estimate of drug-likeness (QED) is 0.568. The monoisotopic (exact) mass is 414 g/mol. The average Bonchev–Trinajstić information content (AvgIpc) is 3.09. The minimum absolute atomic E-state index is 0.0871. The van der Waals surface area contributed by atoms with Gasteiger partial charge >= 0.3 is 0 Å². The second kappa shape index (κ2) is 9.46. The van der Waals surface area contributed by atoms with Crippen LogP contribution in [0.3, 0.4) is 0 Å². The van der Waals surface area contributed by atoms with Gasteiger partial charge in [-0.05, 0) is 29.7 Å². The molecule has 4 nitrogen and oxygen atoms in total. The van der Waals surface area contributed by atoms with Gasteiger partial charge in [-0.1, -0.05) is 90.6 Å². The lowest BCUT2D eigenvalue weighted by molar-refractivity contribution is -0.112. The van der Waals surface area contributed by atoms with Gasteiger partial charge in [0.2, 0.25) is 0 Å². The third kappa shape index (κ3) is 4.81. The number of thioether (sulfide) groups is 1. The van der Waals surface area contributed by atoms with Crippen LogP contribution in [-0.4, -0.2) is 21.3 Å². The summed E-state index contributed by atoms with van der Waals surface area (Å²) >= 11 is 1.44. The summed E-state index contributed by atoms with van der Waals surface area (Å²) in [5.74, 6) is -0.252. The van der Waals surface area contributed by atoms with Gasteiger partial charge in [-0.3, -0.25) is 9.79 Å². The number of amides is 1. The van der Waals surface area contributed by atoms with Crippen LogP contribution in [0.15, 0.2) is 107 Å². The number of hydrogen-bond donors (Lipinski definition) is 2. The Hall–Kier alpha value is -3.31. The summed E-state index contributed by atoms with van der Waals surface area (Å²) in [6.07, 6.45) is 0.629. The topological polar surface area (TPSA) is 61.7 Å². The highest BCUT2D eigenvalue weighted by atomic mass is 32.2. The Labute approximate surface area is 180 Å². The van der Waals surface area contributed by atoms with E-state index in [4.69, 9.17) is 0 Å². The molecule has 0 aliphatic carbocycles. The summed E-state index contributed by atoms with van der Waals surface area (Å²) in [6, 6.07) is 29.1. The van der Waals surface area contributed by atoms with E-state index in [1.54, 1.807) is 0 Å². The van der Waals surface area contributed by atoms with Gasteiger partial charge in [-0.25, -0.2) is 0 Å². The van der Waals surface area contributed by atoms with E-state index in [0.717, 1.165) is 11.1 Å². The van der Waals surface area contributed by atoms with E-state index in [2.05, 4.69) is 10.3 Å². The van der Waals surface area contributed by atoms with E-state index in [9.17, 15) is 9.90 Å². The normalized spacial score (nSPS) is 17.3. The minimum atomic E-state index is -0.339. The molecule has 150 valence electrons. The molecule has 0 spiro atoms. The highest BCUT2D eigenvalue weighted by Crippen LogP contribution is 2.36. The zero-order valence-corrected chi connectivity index (χ0v) is 17.2. The number of para-hydroxylation sites is 1. The summed E-state index contributed by atoms with van der Waals surface area (Å²) < 4.78 is 0. The molecule has 1 aliphatic heterocycles. The van der Waals surface area contributed by atoms with Crippen molar-refractivity contribution in [3.8, 4) is 0 Å². The number of benzene rings is 3. The number of nitrogens with one attached hydrogen (secondary N) is 1. The number of rotatable bonds is 6. The van der Waals surface area contributed by atoms with Crippen molar-refractivity contribution in [3.63, 3.8) is 0 Å². The lowest BCUT2D eigenvalue weighted by Crippen LogP contribution is -2.19. The maximum Gasteiger partial charge on any atom is 0.261 e. The van der Waals surface area contributed by atoms with Crippen molar-refractivity contribution >= 4 is 28.4 Å². The summed E-state index contributed by atoms with van der Waals surface area (Å²) in [5.41, 5.74) is 3.11. The van der Waals surface area contributed by atoms with Crippen LogP contribution in [0.1, 0.15) is 11.1 Å². The van der Waals surface area contributed by atoms with Crippen molar-refractivity contribution in [2.75, 3.05) is 5.32 Å². The van der Waals surface area contributed by atoms with Crippen LogP contribution in [0.5, 0.6) is 0 Å². The van der Waals surface area contributed by atoms with Crippen molar-refractivity contribution < 1.29 is 9.90 Å². The van der Waals surface area contributed by atoms with Crippen LogP contribution in [-0.2, 0) is 17.8 Å². The van der Waals surface area contributed by atoms with E-state index in [1.165, 1.54) is 11.8 Å². The van der Waals surface area contributed by atoms with Gasteiger partial charge in [0.1, 0.15) is 16.4 Å². The number of anilines is 1. The summed E-state index contributed by atoms with van der Waals surface area (Å²) in [6.45, 7) is 0.455. The Morgan fingerprint density at radius 2 is 1.43 bits per heavy atom. The van der Waals surface area contributed by atoms with Crippen molar-refractivity contribution in [1.29, 1.82) is 0 Å². The maximum atomic E-state index is 13.0. The third-order valence-electron chi connectivity index (χ3n) is 4.80. The van der Waals surface area contributed by atoms with Gasteiger partial charge in [0.25, 0.3) is 5.91 Å². The third-order valence-corrected chi connectivity index (χ3v) is 6.03. The fraction of sp³-hybridized carbons (Fsp3) is 0.120. The number of nitrogens with zero attached hydrogens (tertiary/aromatic N) is 1. The lowest BCUT2D eigenvalue weighted by Gasteiger charge is -2.09. The molecule has 5 heteroatoms. The number of carbonyl (C=O) groups is 1. The first-order chi connectivity index (χ1) is 14.7. The second-order valence-corrected chi connectivity index (χ2v) is 8.18. The molecule has 1 atom stereocenters. The molecule has 0 saturated carbocycles. The summed E-state index contributed by atoms with van der Waals surface area (Å²) in [7, 11) is 0. The Kier molecular flexibility index (Phi) is 6.30. The highest BCUT2D eigenvalue weighted by Gasteiger charge is 2.35. The smallest absolute Gasteiger partial charge is 0.261 e. The van der Waals surface area contributed by atoms with Gasteiger partial charge in [-0.2, -0.15) is 0 Å². The molecule has 1 unspecified atom stereocenters. The van der Waals surface area contributed by atoms with Gasteiger partial charge in [0, 0.05) is 5.69 Å². The fourth-order valence-electron chi connectivity index (χ4n) is 3.28. The first-order valence-electron chi connectivity index (χ1n) is 9.79. The van der Waals surface area contributed by atoms with Crippen molar-refractivity contribution in [1.82, 2.24) is 0 Å². The first kappa shape index (κ1) is 20.0. The molecule has 2 N–H and O–H groups in total. The molecule has 3 aromatic rings. The van der Waals surface area contributed by atoms with E-state index >= 15 is 0 Å². The Balaban J connectivity index is 1.61. The summed E-state index contributed by atoms with van der Waals surface area (Å²) in [5, 5.41) is 14.2. The molecule has 0 fully saturated rings. The SMILES string of the molecule is O=C(Nc1ccccc1)C1=C(O)C(Cc2ccccc2)SC1=NCc1ccccc1. The van der Waals surface area contributed by atoms with E-state index in [0.29, 0.717) is 23.7 Å². The highest BCUT2D eigenvalue weighted by molar-refractivity contribution is 8.15. The number of aliphatic hydroxyl groups is 1. The zero-order valence-electron chi connectivity index (χ0n) is 16.4. The van der Waals surface area contributed by atoms with E-state index in [-0.39, 0.29) is 22.5 Å². The van der Waals surface area contributed by atoms with Crippen LogP contribution >= 0.6 is 11.8 Å². The first-order valence-corrected chi connectivity index (χ1v) is 10.7. The molecular weight excluding hydrogens is 392 g/mol. The number of aliphatic imine (C=N–C) groups is 1. The number of hydrogen-bond acceptors (Lipinski definition) is 4. The Morgan fingerprint density at radius 3 is 2.07 bits per heavy atom. The minimum Gasteiger partial charge on any atom is -0.510 e. The van der Waals surface area contributed by atoms with Crippen LogP contribution < -0.4 is 5.32 Å². The molecule has 3 aromatic carbocycles. The van der Waals surface area contributed by atoms with Crippen molar-refractivity contribution in [2.24, 2.45) is 4.99 Å². The Bertz CT molecular complexity index is 1060. The molecule has 0 radical (unpaired) electrons. The van der Waals surface area contributed by atoms with Gasteiger partial charge in [0.05, 0.1) is 11.8 Å². The van der Waals surface area contributed by atoms with Crippen LogP contribution in [0.2, 0.25) is 0 Å². The average molecular weight is 415 g/mol. The molecule has 1 heterocycles. The van der Waals surface area contributed by atoms with Crippen molar-refractivity contribution in [2.45, 2.75) is 18.2 Å². The molecule has 30 heavy (non-hydrogen) atoms. The molecule has 0 bridgehead atoms. The van der Waals surface area contributed by atoms with Crippen LogP contribution in [0, 0.1) is 0 Å². The molecule has 0 aromatic heterocycles. The molecular formula is C25H22N2O2S. The predicted molar refractivity (Wildman–Crippen MR) is 124 cm³/mol. The number of aliphatic hydroxyl groups excluding tert-OH is 1. The Morgan fingerprint density at radius 1 is 0.867 bits per heavy atom. The molecule has 1 amide bonds. The van der Waals surface area contributed by atoms with Gasteiger partial charge < -0.3 is 10.4 Å². The molecule has 1 aliphatic rings. The molecule has 0 saturated heterocycles.